The first-order valence-corrected chi connectivity index (χ1v) is 6.92. The normalized spacial score (nSPS) is 22.3. The Labute approximate surface area is 107 Å². The van der Waals surface area contributed by atoms with Gasteiger partial charge in [0.15, 0.2) is 0 Å². The van der Waals surface area contributed by atoms with Crippen molar-refractivity contribution in [3.8, 4) is 0 Å². The van der Waals surface area contributed by atoms with Crippen molar-refractivity contribution >= 4 is 15.9 Å². The summed E-state index contributed by atoms with van der Waals surface area (Å²) in [7, 11) is 0. The molecule has 0 amide bonds. The monoisotopic (exact) mass is 281 g/mol. The van der Waals surface area contributed by atoms with E-state index in [2.05, 4.69) is 52.9 Å². The van der Waals surface area contributed by atoms with E-state index in [0.717, 1.165) is 12.5 Å². The second-order valence-corrected chi connectivity index (χ2v) is 5.82. The number of halogens is 1. The maximum Gasteiger partial charge on any atom is 0.0249 e. The van der Waals surface area contributed by atoms with Crippen LogP contribution in [0.15, 0.2) is 22.7 Å². The number of aryl methyl sites for hydroxylation is 1. The van der Waals surface area contributed by atoms with E-state index in [1.54, 1.807) is 0 Å². The van der Waals surface area contributed by atoms with Crippen LogP contribution in [0, 0.1) is 12.8 Å². The van der Waals surface area contributed by atoms with Gasteiger partial charge in [0.2, 0.25) is 0 Å². The van der Waals surface area contributed by atoms with Crippen molar-refractivity contribution in [1.29, 1.82) is 0 Å². The molecule has 1 aromatic rings. The number of hydrogen-bond acceptors (Lipinski definition) is 1. The van der Waals surface area contributed by atoms with Gasteiger partial charge in [-0.15, -0.1) is 0 Å². The largest absolute Gasteiger partial charge is 0.299 e. The molecule has 0 bridgehead atoms. The smallest absolute Gasteiger partial charge is 0.0249 e. The SMILES string of the molecule is Cc1cccc(CN2CCCC(C)C2)c1Br. The molecule has 1 unspecified atom stereocenters. The van der Waals surface area contributed by atoms with E-state index in [1.165, 1.54) is 41.5 Å². The lowest BCUT2D eigenvalue weighted by molar-refractivity contribution is 0.176. The maximum absolute atomic E-state index is 3.70. The summed E-state index contributed by atoms with van der Waals surface area (Å²) in [5.41, 5.74) is 2.76. The molecular weight excluding hydrogens is 262 g/mol. The minimum Gasteiger partial charge on any atom is -0.299 e. The highest BCUT2D eigenvalue weighted by molar-refractivity contribution is 9.10. The topological polar surface area (TPSA) is 3.24 Å². The van der Waals surface area contributed by atoms with E-state index in [4.69, 9.17) is 0 Å². The Morgan fingerprint density at radius 1 is 1.44 bits per heavy atom. The van der Waals surface area contributed by atoms with Crippen LogP contribution in [-0.4, -0.2) is 18.0 Å². The third-order valence-corrected chi connectivity index (χ3v) is 4.54. The van der Waals surface area contributed by atoms with Crippen LogP contribution in [0.3, 0.4) is 0 Å². The van der Waals surface area contributed by atoms with Crippen molar-refractivity contribution in [3.63, 3.8) is 0 Å². The second-order valence-electron chi connectivity index (χ2n) is 5.03. The Kier molecular flexibility index (Phi) is 4.04. The molecule has 0 spiro atoms. The van der Waals surface area contributed by atoms with E-state index >= 15 is 0 Å². The minimum atomic E-state index is 0.859. The molecule has 1 aromatic carbocycles. The van der Waals surface area contributed by atoms with Gasteiger partial charge in [-0.1, -0.05) is 41.1 Å². The molecule has 1 fully saturated rings. The van der Waals surface area contributed by atoms with E-state index in [1.807, 2.05) is 0 Å². The fourth-order valence-corrected chi connectivity index (χ4v) is 2.89. The highest BCUT2D eigenvalue weighted by Crippen LogP contribution is 2.24. The molecule has 1 heterocycles. The van der Waals surface area contributed by atoms with Crippen molar-refractivity contribution in [2.75, 3.05) is 13.1 Å². The number of piperidine rings is 1. The molecule has 2 rings (SSSR count). The molecule has 1 aliphatic rings. The Bertz CT molecular complexity index is 362. The molecule has 16 heavy (non-hydrogen) atoms. The van der Waals surface area contributed by atoms with Crippen LogP contribution >= 0.6 is 15.9 Å². The van der Waals surface area contributed by atoms with Gasteiger partial charge in [0.05, 0.1) is 0 Å². The van der Waals surface area contributed by atoms with Gasteiger partial charge in [0.1, 0.15) is 0 Å². The molecule has 1 saturated heterocycles. The molecular formula is C14H20BrN. The summed E-state index contributed by atoms with van der Waals surface area (Å²) in [6.45, 7) is 8.11. The standard InChI is InChI=1S/C14H20BrN/c1-11-5-4-8-16(9-11)10-13-7-3-6-12(2)14(13)15/h3,6-7,11H,4-5,8-10H2,1-2H3. The van der Waals surface area contributed by atoms with Crippen LogP contribution in [0.2, 0.25) is 0 Å². The van der Waals surface area contributed by atoms with Crippen LogP contribution in [0.25, 0.3) is 0 Å². The zero-order valence-electron chi connectivity index (χ0n) is 10.2. The van der Waals surface area contributed by atoms with Gasteiger partial charge in [0, 0.05) is 17.6 Å². The first-order chi connectivity index (χ1) is 7.66. The minimum absolute atomic E-state index is 0.859. The third-order valence-electron chi connectivity index (χ3n) is 3.41. The van der Waals surface area contributed by atoms with E-state index in [9.17, 15) is 0 Å². The van der Waals surface area contributed by atoms with Crippen molar-refractivity contribution in [1.82, 2.24) is 4.90 Å². The summed E-state index contributed by atoms with van der Waals surface area (Å²) >= 11 is 3.70. The first-order valence-electron chi connectivity index (χ1n) is 6.13. The summed E-state index contributed by atoms with van der Waals surface area (Å²) in [6, 6.07) is 6.55. The van der Waals surface area contributed by atoms with Gasteiger partial charge in [0.25, 0.3) is 0 Å². The molecule has 1 aliphatic heterocycles. The zero-order valence-corrected chi connectivity index (χ0v) is 11.8. The van der Waals surface area contributed by atoms with Crippen LogP contribution < -0.4 is 0 Å². The molecule has 0 aliphatic carbocycles. The van der Waals surface area contributed by atoms with Crippen molar-refractivity contribution in [3.05, 3.63) is 33.8 Å². The molecule has 0 saturated carbocycles. The molecule has 2 heteroatoms. The van der Waals surface area contributed by atoms with Gasteiger partial charge in [-0.05, 0) is 43.4 Å². The lowest BCUT2D eigenvalue weighted by Gasteiger charge is -2.31. The summed E-state index contributed by atoms with van der Waals surface area (Å²) in [4.78, 5) is 2.58. The predicted molar refractivity (Wildman–Crippen MR) is 72.6 cm³/mol. The van der Waals surface area contributed by atoms with Crippen LogP contribution in [-0.2, 0) is 6.54 Å². The Hall–Kier alpha value is -0.340. The number of nitrogens with zero attached hydrogens (tertiary/aromatic N) is 1. The second kappa shape index (κ2) is 5.33. The number of rotatable bonds is 2. The van der Waals surface area contributed by atoms with Gasteiger partial charge >= 0.3 is 0 Å². The van der Waals surface area contributed by atoms with Gasteiger partial charge < -0.3 is 0 Å². The number of likely N-dealkylation sites (tertiary alicyclic amines) is 1. The molecule has 1 nitrogen and oxygen atoms in total. The predicted octanol–water partition coefficient (Wildman–Crippen LogP) is 3.99. The summed E-state index contributed by atoms with van der Waals surface area (Å²) in [5, 5.41) is 0. The molecule has 0 radical (unpaired) electrons. The number of hydrogen-bond donors (Lipinski definition) is 0. The van der Waals surface area contributed by atoms with E-state index < -0.39 is 0 Å². The highest BCUT2D eigenvalue weighted by Gasteiger charge is 2.17. The fraction of sp³-hybridized carbons (Fsp3) is 0.571. The van der Waals surface area contributed by atoms with Crippen molar-refractivity contribution < 1.29 is 0 Å². The van der Waals surface area contributed by atoms with E-state index in [0.29, 0.717) is 0 Å². The van der Waals surface area contributed by atoms with Crippen molar-refractivity contribution in [2.45, 2.75) is 33.2 Å². The average Bonchev–Trinajstić information content (AvgIpc) is 2.25. The van der Waals surface area contributed by atoms with Crippen LogP contribution in [0.5, 0.6) is 0 Å². The molecule has 0 aromatic heterocycles. The Morgan fingerprint density at radius 2 is 2.25 bits per heavy atom. The summed E-state index contributed by atoms with van der Waals surface area (Å²) < 4.78 is 1.29. The summed E-state index contributed by atoms with van der Waals surface area (Å²) in [5.74, 6) is 0.859. The van der Waals surface area contributed by atoms with Crippen molar-refractivity contribution in [2.24, 2.45) is 5.92 Å². The fourth-order valence-electron chi connectivity index (χ4n) is 2.50. The molecule has 1 atom stereocenters. The van der Waals surface area contributed by atoms with Gasteiger partial charge in [-0.25, -0.2) is 0 Å². The Balaban J connectivity index is 2.05. The molecule has 88 valence electrons. The lowest BCUT2D eigenvalue weighted by atomic mass is 9.99. The zero-order chi connectivity index (χ0) is 11.5. The summed E-state index contributed by atoms with van der Waals surface area (Å²) in [6.07, 6.45) is 2.75. The number of benzene rings is 1. The van der Waals surface area contributed by atoms with Crippen LogP contribution in [0.1, 0.15) is 30.9 Å². The van der Waals surface area contributed by atoms with E-state index in [-0.39, 0.29) is 0 Å². The average molecular weight is 282 g/mol. The van der Waals surface area contributed by atoms with Gasteiger partial charge in [-0.3, -0.25) is 4.90 Å². The van der Waals surface area contributed by atoms with Crippen LogP contribution in [0.4, 0.5) is 0 Å². The highest BCUT2D eigenvalue weighted by atomic mass is 79.9. The molecule has 0 N–H and O–H groups in total. The maximum atomic E-state index is 3.70. The quantitative estimate of drug-likeness (QED) is 0.792. The van der Waals surface area contributed by atoms with Gasteiger partial charge in [-0.2, -0.15) is 0 Å². The lowest BCUT2D eigenvalue weighted by Crippen LogP contribution is -2.33. The first kappa shape index (κ1) is 12.1. The third kappa shape index (κ3) is 2.86. The Morgan fingerprint density at radius 3 is 3.00 bits per heavy atom.